The van der Waals surface area contributed by atoms with Crippen LogP contribution in [0.3, 0.4) is 0 Å². The van der Waals surface area contributed by atoms with E-state index in [1.54, 1.807) is 19.1 Å². The van der Waals surface area contributed by atoms with Crippen molar-refractivity contribution in [3.05, 3.63) is 71.1 Å². The van der Waals surface area contributed by atoms with E-state index in [-0.39, 0.29) is 10.7 Å². The van der Waals surface area contributed by atoms with Gasteiger partial charge in [0.25, 0.3) is 15.9 Å². The summed E-state index contributed by atoms with van der Waals surface area (Å²) in [7, 11) is -3.73. The molecule has 0 aliphatic rings. The topological polar surface area (TPSA) is 101 Å². The van der Waals surface area contributed by atoms with Crippen LogP contribution in [0.15, 0.2) is 57.9 Å². The Kier molecular flexibility index (Phi) is 5.00. The maximum atomic E-state index is 12.5. The monoisotopic (exact) mass is 385 g/mol. The van der Waals surface area contributed by atoms with Gasteiger partial charge < -0.3 is 9.84 Å². The molecule has 3 aromatic rings. The van der Waals surface area contributed by atoms with Gasteiger partial charge >= 0.3 is 0 Å². The highest BCUT2D eigenvalue weighted by Crippen LogP contribution is 2.20. The van der Waals surface area contributed by atoms with Crippen LogP contribution in [-0.4, -0.2) is 19.5 Å². The van der Waals surface area contributed by atoms with Crippen molar-refractivity contribution in [3.8, 4) is 0 Å². The molecule has 0 saturated carbocycles. The largest absolute Gasteiger partial charge is 0.351 e. The second-order valence-electron chi connectivity index (χ2n) is 6.22. The van der Waals surface area contributed by atoms with Crippen LogP contribution in [0, 0.1) is 20.8 Å². The van der Waals surface area contributed by atoms with Gasteiger partial charge in [-0.1, -0.05) is 11.2 Å². The summed E-state index contributed by atoms with van der Waals surface area (Å²) in [6.07, 6.45) is 0. The Morgan fingerprint density at radius 1 is 0.926 bits per heavy atom. The summed E-state index contributed by atoms with van der Waals surface area (Å²) < 4.78 is 32.5. The quantitative estimate of drug-likeness (QED) is 0.698. The number of hydrogen-bond donors (Lipinski definition) is 2. The maximum absolute atomic E-state index is 12.5. The molecule has 0 bridgehead atoms. The number of amides is 1. The Labute approximate surface area is 157 Å². The highest BCUT2D eigenvalue weighted by atomic mass is 32.2. The van der Waals surface area contributed by atoms with Gasteiger partial charge in [0.05, 0.1) is 10.6 Å². The summed E-state index contributed by atoms with van der Waals surface area (Å²) in [5.41, 5.74) is 3.62. The third-order valence-corrected chi connectivity index (χ3v) is 5.43. The number of nitrogens with one attached hydrogen (secondary N) is 2. The van der Waals surface area contributed by atoms with Crippen LogP contribution in [0.4, 0.5) is 11.4 Å². The van der Waals surface area contributed by atoms with Crippen LogP contribution in [0.2, 0.25) is 0 Å². The summed E-state index contributed by atoms with van der Waals surface area (Å²) in [4.78, 5) is 12.1. The fourth-order valence-corrected chi connectivity index (χ4v) is 3.45. The molecule has 1 aromatic heterocycles. The number of benzene rings is 2. The molecule has 0 saturated heterocycles. The number of carbonyl (C=O) groups excluding carboxylic acids is 1. The van der Waals surface area contributed by atoms with Crippen molar-refractivity contribution in [3.63, 3.8) is 0 Å². The van der Waals surface area contributed by atoms with E-state index in [0.717, 1.165) is 11.1 Å². The molecule has 3 rings (SSSR count). The SMILES string of the molecule is Cc1cc(C(=O)Nc2ccc(S(=O)(=O)Nc3ccc(C)c(C)c3)cc2)on1. The summed E-state index contributed by atoms with van der Waals surface area (Å²) in [5, 5.41) is 6.28. The lowest BCUT2D eigenvalue weighted by molar-refractivity contribution is 0.0988. The zero-order valence-electron chi connectivity index (χ0n) is 15.1. The van der Waals surface area contributed by atoms with Crippen molar-refractivity contribution in [1.82, 2.24) is 5.16 Å². The molecule has 0 radical (unpaired) electrons. The van der Waals surface area contributed by atoms with E-state index in [0.29, 0.717) is 17.1 Å². The van der Waals surface area contributed by atoms with E-state index in [9.17, 15) is 13.2 Å². The molecular formula is C19H19N3O4S. The van der Waals surface area contributed by atoms with Crippen LogP contribution < -0.4 is 10.0 Å². The molecule has 0 atom stereocenters. The highest BCUT2D eigenvalue weighted by Gasteiger charge is 2.16. The summed E-state index contributed by atoms with van der Waals surface area (Å²) in [6, 6.07) is 12.7. The summed E-state index contributed by atoms with van der Waals surface area (Å²) in [5.74, 6) is -0.375. The lowest BCUT2D eigenvalue weighted by atomic mass is 10.1. The van der Waals surface area contributed by atoms with Crippen LogP contribution in [-0.2, 0) is 10.0 Å². The Balaban J connectivity index is 1.73. The number of anilines is 2. The maximum Gasteiger partial charge on any atom is 0.294 e. The molecule has 2 aromatic carbocycles. The Morgan fingerprint density at radius 3 is 2.19 bits per heavy atom. The number of sulfonamides is 1. The number of carbonyl (C=O) groups is 1. The third-order valence-electron chi connectivity index (χ3n) is 4.03. The van der Waals surface area contributed by atoms with E-state index < -0.39 is 15.9 Å². The molecular weight excluding hydrogens is 366 g/mol. The number of aryl methyl sites for hydroxylation is 3. The average molecular weight is 385 g/mol. The second kappa shape index (κ2) is 7.24. The standard InChI is InChI=1S/C19H19N3O4S/c1-12-4-5-16(10-13(12)2)22-27(24,25)17-8-6-15(7-9-17)20-19(23)18-11-14(3)21-26-18/h4-11,22H,1-3H3,(H,20,23). The first kappa shape index (κ1) is 18.7. The fraction of sp³-hybridized carbons (Fsp3) is 0.158. The molecule has 2 N–H and O–H groups in total. The predicted octanol–water partition coefficient (Wildman–Crippen LogP) is 3.65. The summed E-state index contributed by atoms with van der Waals surface area (Å²) >= 11 is 0. The van der Waals surface area contributed by atoms with Crippen LogP contribution in [0.25, 0.3) is 0 Å². The first-order chi connectivity index (χ1) is 12.7. The predicted molar refractivity (Wildman–Crippen MR) is 102 cm³/mol. The Hall–Kier alpha value is -3.13. The van der Waals surface area contributed by atoms with E-state index in [4.69, 9.17) is 4.52 Å². The van der Waals surface area contributed by atoms with Crippen LogP contribution in [0.5, 0.6) is 0 Å². The third kappa shape index (κ3) is 4.35. The zero-order valence-corrected chi connectivity index (χ0v) is 15.9. The van der Waals surface area contributed by atoms with Crippen molar-refractivity contribution in [1.29, 1.82) is 0 Å². The second-order valence-corrected chi connectivity index (χ2v) is 7.90. The minimum atomic E-state index is -3.73. The number of aromatic nitrogens is 1. The van der Waals surface area contributed by atoms with E-state index in [1.807, 2.05) is 19.9 Å². The molecule has 0 aliphatic carbocycles. The van der Waals surface area contributed by atoms with Gasteiger partial charge in [-0.15, -0.1) is 0 Å². The van der Waals surface area contributed by atoms with Crippen molar-refractivity contribution >= 4 is 27.3 Å². The van der Waals surface area contributed by atoms with E-state index >= 15 is 0 Å². The molecule has 0 spiro atoms. The van der Waals surface area contributed by atoms with Crippen molar-refractivity contribution in [2.45, 2.75) is 25.7 Å². The lowest BCUT2D eigenvalue weighted by Gasteiger charge is -2.10. The molecule has 0 aliphatic heterocycles. The van der Waals surface area contributed by atoms with Gasteiger partial charge in [-0.3, -0.25) is 9.52 Å². The molecule has 1 amide bonds. The van der Waals surface area contributed by atoms with E-state index in [1.165, 1.54) is 30.3 Å². The smallest absolute Gasteiger partial charge is 0.294 e. The zero-order chi connectivity index (χ0) is 19.6. The number of hydrogen-bond acceptors (Lipinski definition) is 5. The molecule has 140 valence electrons. The molecule has 0 unspecified atom stereocenters. The Morgan fingerprint density at radius 2 is 1.59 bits per heavy atom. The van der Waals surface area contributed by atoms with E-state index in [2.05, 4.69) is 15.2 Å². The van der Waals surface area contributed by atoms with Crippen LogP contribution in [0.1, 0.15) is 27.4 Å². The van der Waals surface area contributed by atoms with Crippen LogP contribution >= 0.6 is 0 Å². The minimum absolute atomic E-state index is 0.0839. The highest BCUT2D eigenvalue weighted by molar-refractivity contribution is 7.92. The van der Waals surface area contributed by atoms with Gasteiger partial charge in [0.15, 0.2) is 0 Å². The van der Waals surface area contributed by atoms with Gasteiger partial charge in [-0.05, 0) is 68.3 Å². The average Bonchev–Trinajstić information content (AvgIpc) is 3.05. The van der Waals surface area contributed by atoms with Gasteiger partial charge in [0.1, 0.15) is 0 Å². The fourth-order valence-electron chi connectivity index (χ4n) is 2.40. The van der Waals surface area contributed by atoms with Gasteiger partial charge in [0, 0.05) is 17.4 Å². The molecule has 7 nitrogen and oxygen atoms in total. The minimum Gasteiger partial charge on any atom is -0.351 e. The normalized spacial score (nSPS) is 11.2. The number of nitrogens with zero attached hydrogens (tertiary/aromatic N) is 1. The molecule has 0 fully saturated rings. The number of rotatable bonds is 5. The van der Waals surface area contributed by atoms with Gasteiger partial charge in [-0.25, -0.2) is 8.42 Å². The molecule has 27 heavy (non-hydrogen) atoms. The first-order valence-corrected chi connectivity index (χ1v) is 9.68. The first-order valence-electron chi connectivity index (χ1n) is 8.19. The molecule has 8 heteroatoms. The van der Waals surface area contributed by atoms with Crippen molar-refractivity contribution in [2.24, 2.45) is 0 Å². The van der Waals surface area contributed by atoms with Crippen molar-refractivity contribution in [2.75, 3.05) is 10.0 Å². The van der Waals surface area contributed by atoms with Gasteiger partial charge in [0.2, 0.25) is 5.76 Å². The lowest BCUT2D eigenvalue weighted by Crippen LogP contribution is -2.14. The van der Waals surface area contributed by atoms with Gasteiger partial charge in [-0.2, -0.15) is 0 Å². The molecule has 1 heterocycles. The summed E-state index contributed by atoms with van der Waals surface area (Å²) in [6.45, 7) is 5.59. The van der Waals surface area contributed by atoms with Crippen molar-refractivity contribution < 1.29 is 17.7 Å². The Bertz CT molecular complexity index is 1090.